The number of hydrogen-bond acceptors (Lipinski definition) is 3. The molecule has 4 heteroatoms. The largest absolute Gasteiger partial charge is 0.297 e. The van der Waals surface area contributed by atoms with Crippen molar-refractivity contribution in [1.29, 1.82) is 0 Å². The van der Waals surface area contributed by atoms with Crippen LogP contribution in [0.4, 0.5) is 0 Å². The zero-order chi connectivity index (χ0) is 14.2. The average Bonchev–Trinajstić information content (AvgIpc) is 2.27. The van der Waals surface area contributed by atoms with Gasteiger partial charge < -0.3 is 0 Å². The third kappa shape index (κ3) is 2.48. The van der Waals surface area contributed by atoms with E-state index in [0.717, 1.165) is 0 Å². The number of rotatable bonds is 3. The lowest BCUT2D eigenvalue weighted by molar-refractivity contribution is -0.128. The first-order chi connectivity index (χ1) is 8.01. The number of carbonyl (C=O) groups excluding carboxylic acids is 1. The summed E-state index contributed by atoms with van der Waals surface area (Å²) < 4.78 is 23.6. The van der Waals surface area contributed by atoms with Crippen LogP contribution in [0.25, 0.3) is 0 Å². The maximum absolute atomic E-state index is 12.5. The predicted octanol–water partition coefficient (Wildman–Crippen LogP) is 2.85. The Balaban J connectivity index is 3.33. The van der Waals surface area contributed by atoms with Crippen LogP contribution in [0.5, 0.6) is 0 Å². The van der Waals surface area contributed by atoms with Crippen molar-refractivity contribution in [2.75, 3.05) is 0 Å². The lowest BCUT2D eigenvalue weighted by atomic mass is 9.84. The van der Waals surface area contributed by atoms with E-state index in [0.29, 0.717) is 0 Å². The molecule has 0 aliphatic heterocycles. The molecule has 0 saturated carbocycles. The Morgan fingerprint density at radius 3 is 1.78 bits per heavy atom. The van der Waals surface area contributed by atoms with E-state index in [1.54, 1.807) is 39.0 Å². The molecule has 0 fully saturated rings. The molecular weight excluding hydrogens is 248 g/mol. The number of sulfone groups is 1. The van der Waals surface area contributed by atoms with Gasteiger partial charge in [-0.3, -0.25) is 4.79 Å². The monoisotopic (exact) mass is 268 g/mol. The first-order valence-corrected chi connectivity index (χ1v) is 7.34. The fourth-order valence-corrected chi connectivity index (χ4v) is 3.57. The smallest absolute Gasteiger partial charge is 0.190 e. The molecule has 0 saturated heterocycles. The van der Waals surface area contributed by atoms with E-state index in [1.807, 2.05) is 0 Å². The molecule has 0 aliphatic carbocycles. The third-order valence-corrected chi connectivity index (χ3v) is 5.38. The highest BCUT2D eigenvalue weighted by Crippen LogP contribution is 2.32. The van der Waals surface area contributed by atoms with Gasteiger partial charge >= 0.3 is 0 Å². The number of hydrogen-bond donors (Lipinski definition) is 0. The van der Waals surface area contributed by atoms with Gasteiger partial charge in [0.05, 0.1) is 4.90 Å². The number of ketones is 1. The molecule has 0 N–H and O–H groups in total. The normalized spacial score (nSPS) is 13.4. The van der Waals surface area contributed by atoms with Crippen LogP contribution in [0.1, 0.15) is 34.6 Å². The van der Waals surface area contributed by atoms with Gasteiger partial charge in [0.2, 0.25) is 0 Å². The minimum absolute atomic E-state index is 0.188. The average molecular weight is 268 g/mol. The summed E-state index contributed by atoms with van der Waals surface area (Å²) in [5.41, 5.74) is -0.689. The summed E-state index contributed by atoms with van der Waals surface area (Å²) in [7, 11) is -3.67. The topological polar surface area (TPSA) is 51.2 Å². The molecule has 0 aliphatic rings. The van der Waals surface area contributed by atoms with Crippen LogP contribution in [-0.4, -0.2) is 18.9 Å². The minimum atomic E-state index is -3.67. The Morgan fingerprint density at radius 1 is 0.944 bits per heavy atom. The Hall–Kier alpha value is -1.16. The van der Waals surface area contributed by atoms with Gasteiger partial charge in [0.25, 0.3) is 0 Å². The van der Waals surface area contributed by atoms with Crippen molar-refractivity contribution in [3.63, 3.8) is 0 Å². The summed E-state index contributed by atoms with van der Waals surface area (Å²) in [5.74, 6) is -0.279. The summed E-state index contributed by atoms with van der Waals surface area (Å²) in [6.45, 7) is 8.15. The molecule has 0 atom stereocenters. The molecule has 1 aromatic rings. The van der Waals surface area contributed by atoms with Gasteiger partial charge in [-0.1, -0.05) is 39.0 Å². The lowest BCUT2D eigenvalue weighted by Gasteiger charge is -2.30. The molecule has 18 heavy (non-hydrogen) atoms. The van der Waals surface area contributed by atoms with E-state index in [9.17, 15) is 13.2 Å². The van der Waals surface area contributed by atoms with Crippen molar-refractivity contribution in [2.24, 2.45) is 5.41 Å². The van der Waals surface area contributed by atoms with Gasteiger partial charge in [0, 0.05) is 5.41 Å². The van der Waals surface area contributed by atoms with Gasteiger partial charge in [0.15, 0.2) is 15.6 Å². The molecule has 0 spiro atoms. The molecule has 0 aromatic heterocycles. The van der Waals surface area contributed by atoms with Crippen molar-refractivity contribution in [3.8, 4) is 0 Å². The molecule has 0 amide bonds. The SMILES string of the molecule is CC(C)(C)C(=O)C(C)(C)S(=O)(=O)c1ccccc1. The predicted molar refractivity (Wildman–Crippen MR) is 72.2 cm³/mol. The number of benzene rings is 1. The third-order valence-electron chi connectivity index (χ3n) is 2.95. The fourth-order valence-electron chi connectivity index (χ4n) is 1.92. The van der Waals surface area contributed by atoms with Gasteiger partial charge in [0.1, 0.15) is 4.75 Å². The molecule has 0 bridgehead atoms. The van der Waals surface area contributed by atoms with Crippen molar-refractivity contribution < 1.29 is 13.2 Å². The van der Waals surface area contributed by atoms with Gasteiger partial charge in [-0.15, -0.1) is 0 Å². The van der Waals surface area contributed by atoms with Gasteiger partial charge in [-0.05, 0) is 26.0 Å². The highest BCUT2D eigenvalue weighted by atomic mass is 32.2. The van der Waals surface area contributed by atoms with Crippen molar-refractivity contribution in [3.05, 3.63) is 30.3 Å². The molecule has 0 unspecified atom stereocenters. The maximum Gasteiger partial charge on any atom is 0.190 e. The summed E-state index contributed by atoms with van der Waals surface area (Å²) in [6, 6.07) is 8.10. The van der Waals surface area contributed by atoms with E-state index in [1.165, 1.54) is 26.0 Å². The van der Waals surface area contributed by atoms with Crippen LogP contribution in [0, 0.1) is 5.41 Å². The van der Waals surface area contributed by atoms with Crippen LogP contribution in [0.15, 0.2) is 35.2 Å². The van der Waals surface area contributed by atoms with E-state index < -0.39 is 20.0 Å². The first-order valence-electron chi connectivity index (χ1n) is 5.86. The highest BCUT2D eigenvalue weighted by Gasteiger charge is 2.46. The second-order valence-corrected chi connectivity index (χ2v) is 8.40. The Bertz CT molecular complexity index is 534. The van der Waals surface area contributed by atoms with Crippen molar-refractivity contribution >= 4 is 15.6 Å². The molecule has 1 aromatic carbocycles. The van der Waals surface area contributed by atoms with Crippen LogP contribution in [-0.2, 0) is 14.6 Å². The Morgan fingerprint density at radius 2 is 1.39 bits per heavy atom. The second kappa shape index (κ2) is 4.50. The molecule has 0 radical (unpaired) electrons. The number of Topliss-reactive ketones (excluding diaryl/α,β-unsaturated/α-hetero) is 1. The lowest BCUT2D eigenvalue weighted by Crippen LogP contribution is -2.46. The van der Waals surface area contributed by atoms with E-state index in [-0.39, 0.29) is 10.7 Å². The van der Waals surface area contributed by atoms with E-state index in [2.05, 4.69) is 0 Å². The zero-order valence-electron chi connectivity index (χ0n) is 11.5. The van der Waals surface area contributed by atoms with Crippen LogP contribution in [0.2, 0.25) is 0 Å². The van der Waals surface area contributed by atoms with Gasteiger partial charge in [-0.2, -0.15) is 0 Å². The van der Waals surface area contributed by atoms with Crippen LogP contribution < -0.4 is 0 Å². The highest BCUT2D eigenvalue weighted by molar-refractivity contribution is 7.93. The molecule has 1 rings (SSSR count). The second-order valence-electron chi connectivity index (χ2n) is 5.91. The molecule has 0 heterocycles. The van der Waals surface area contributed by atoms with E-state index >= 15 is 0 Å². The van der Waals surface area contributed by atoms with Crippen LogP contribution in [0.3, 0.4) is 0 Å². The minimum Gasteiger partial charge on any atom is -0.297 e. The van der Waals surface area contributed by atoms with E-state index in [4.69, 9.17) is 0 Å². The van der Waals surface area contributed by atoms with Crippen molar-refractivity contribution in [1.82, 2.24) is 0 Å². The van der Waals surface area contributed by atoms with Crippen molar-refractivity contribution in [2.45, 2.75) is 44.3 Å². The fraction of sp³-hybridized carbons (Fsp3) is 0.500. The summed E-state index contributed by atoms with van der Waals surface area (Å²) in [6.07, 6.45) is 0. The molecule has 100 valence electrons. The van der Waals surface area contributed by atoms with Crippen LogP contribution >= 0.6 is 0 Å². The quantitative estimate of drug-likeness (QED) is 0.847. The Labute approximate surface area is 109 Å². The molecular formula is C14H20O3S. The summed E-state index contributed by atoms with van der Waals surface area (Å²) >= 11 is 0. The Kier molecular flexibility index (Phi) is 3.73. The first kappa shape index (κ1) is 14.9. The summed E-state index contributed by atoms with van der Waals surface area (Å²) in [4.78, 5) is 12.5. The standard InChI is InChI=1S/C14H20O3S/c1-13(2,3)12(15)14(4,5)18(16,17)11-9-7-6-8-10-11/h6-10H,1-5H3. The zero-order valence-corrected chi connectivity index (χ0v) is 12.3. The maximum atomic E-state index is 12.5. The number of carbonyl (C=O) groups is 1. The molecule has 3 nitrogen and oxygen atoms in total. The summed E-state index contributed by atoms with van der Waals surface area (Å²) in [5, 5.41) is 0. The van der Waals surface area contributed by atoms with Gasteiger partial charge in [-0.25, -0.2) is 8.42 Å².